The molecule has 0 saturated carbocycles. The SMILES string of the molecule is CC.CCCCNC(=O)c1ncsc1S. The minimum Gasteiger partial charge on any atom is -0.351 e. The van der Waals surface area contributed by atoms with Gasteiger partial charge in [0.2, 0.25) is 0 Å². The lowest BCUT2D eigenvalue weighted by Crippen LogP contribution is -2.24. The van der Waals surface area contributed by atoms with Gasteiger partial charge in [-0.25, -0.2) is 4.98 Å². The number of unbranched alkanes of at least 4 members (excludes halogenated alkanes) is 1. The van der Waals surface area contributed by atoms with E-state index in [-0.39, 0.29) is 5.91 Å². The molecule has 0 spiro atoms. The van der Waals surface area contributed by atoms with E-state index in [0.29, 0.717) is 16.4 Å². The van der Waals surface area contributed by atoms with E-state index in [0.717, 1.165) is 12.8 Å². The number of thiazole rings is 1. The van der Waals surface area contributed by atoms with E-state index in [1.54, 1.807) is 5.51 Å². The van der Waals surface area contributed by atoms with E-state index < -0.39 is 0 Å². The fraction of sp³-hybridized carbons (Fsp3) is 0.600. The molecule has 0 radical (unpaired) electrons. The second-order valence-corrected chi connectivity index (χ2v) is 4.22. The number of carbonyl (C=O) groups excluding carboxylic acids is 1. The van der Waals surface area contributed by atoms with E-state index in [1.165, 1.54) is 11.3 Å². The molecule has 0 aliphatic rings. The van der Waals surface area contributed by atoms with Crippen LogP contribution < -0.4 is 5.32 Å². The molecule has 3 nitrogen and oxygen atoms in total. The Balaban J connectivity index is 0.000000921. The zero-order valence-electron chi connectivity index (χ0n) is 9.41. The minimum atomic E-state index is -0.125. The van der Waals surface area contributed by atoms with Gasteiger partial charge in [0.25, 0.3) is 5.91 Å². The number of thiol groups is 1. The summed E-state index contributed by atoms with van der Waals surface area (Å²) in [5, 5.41) is 2.78. The van der Waals surface area contributed by atoms with Gasteiger partial charge in [0.05, 0.1) is 9.72 Å². The largest absolute Gasteiger partial charge is 0.351 e. The summed E-state index contributed by atoms with van der Waals surface area (Å²) in [6.45, 7) is 6.79. The van der Waals surface area contributed by atoms with Crippen LogP contribution in [0.15, 0.2) is 9.72 Å². The Morgan fingerprint density at radius 1 is 1.60 bits per heavy atom. The lowest BCUT2D eigenvalue weighted by atomic mass is 10.3. The smallest absolute Gasteiger partial charge is 0.271 e. The maximum Gasteiger partial charge on any atom is 0.271 e. The Morgan fingerprint density at radius 3 is 2.73 bits per heavy atom. The van der Waals surface area contributed by atoms with Crippen molar-refractivity contribution in [1.29, 1.82) is 0 Å². The number of hydrogen-bond acceptors (Lipinski definition) is 4. The first-order valence-electron chi connectivity index (χ1n) is 5.16. The van der Waals surface area contributed by atoms with Crippen molar-refractivity contribution in [3.8, 4) is 0 Å². The van der Waals surface area contributed by atoms with Gasteiger partial charge >= 0.3 is 0 Å². The average Bonchev–Trinajstić information content (AvgIpc) is 2.68. The van der Waals surface area contributed by atoms with E-state index in [9.17, 15) is 4.79 Å². The van der Waals surface area contributed by atoms with Gasteiger partial charge in [0.1, 0.15) is 0 Å². The molecule has 1 aromatic rings. The van der Waals surface area contributed by atoms with Crippen molar-refractivity contribution in [2.24, 2.45) is 0 Å². The van der Waals surface area contributed by atoms with E-state index >= 15 is 0 Å². The average molecular weight is 246 g/mol. The van der Waals surface area contributed by atoms with Gasteiger partial charge in [0, 0.05) is 6.54 Å². The van der Waals surface area contributed by atoms with Gasteiger partial charge in [-0.05, 0) is 6.42 Å². The van der Waals surface area contributed by atoms with Crippen LogP contribution in [0.25, 0.3) is 0 Å². The van der Waals surface area contributed by atoms with E-state index in [1.807, 2.05) is 13.8 Å². The van der Waals surface area contributed by atoms with Crippen molar-refractivity contribution in [3.63, 3.8) is 0 Å². The van der Waals surface area contributed by atoms with Crippen molar-refractivity contribution < 1.29 is 4.79 Å². The summed E-state index contributed by atoms with van der Waals surface area (Å²) < 4.78 is 0.675. The van der Waals surface area contributed by atoms with Gasteiger partial charge in [-0.15, -0.1) is 24.0 Å². The van der Waals surface area contributed by atoms with Crippen LogP contribution in [0.4, 0.5) is 0 Å². The second-order valence-electron chi connectivity index (χ2n) is 2.62. The number of aromatic nitrogens is 1. The van der Waals surface area contributed by atoms with Crippen molar-refractivity contribution in [2.75, 3.05) is 6.54 Å². The quantitative estimate of drug-likeness (QED) is 0.633. The molecule has 15 heavy (non-hydrogen) atoms. The third kappa shape index (κ3) is 5.18. The molecular weight excluding hydrogens is 228 g/mol. The van der Waals surface area contributed by atoms with Crippen LogP contribution in [-0.2, 0) is 0 Å². The van der Waals surface area contributed by atoms with Gasteiger partial charge in [-0.3, -0.25) is 4.79 Å². The molecule has 0 aliphatic heterocycles. The zero-order valence-corrected chi connectivity index (χ0v) is 11.1. The monoisotopic (exact) mass is 246 g/mol. The third-order valence-corrected chi connectivity index (χ3v) is 2.74. The number of nitrogens with zero attached hydrogens (tertiary/aromatic N) is 1. The molecule has 0 atom stereocenters. The summed E-state index contributed by atoms with van der Waals surface area (Å²) >= 11 is 5.49. The Kier molecular flexibility index (Phi) is 8.41. The summed E-state index contributed by atoms with van der Waals surface area (Å²) in [5.74, 6) is -0.125. The first kappa shape index (κ1) is 14.5. The highest BCUT2D eigenvalue weighted by Crippen LogP contribution is 2.16. The van der Waals surface area contributed by atoms with Crippen LogP contribution in [0.3, 0.4) is 0 Å². The molecule has 0 fully saturated rings. The van der Waals surface area contributed by atoms with Crippen LogP contribution in [0, 0.1) is 0 Å². The summed E-state index contributed by atoms with van der Waals surface area (Å²) in [5.41, 5.74) is 2.06. The number of nitrogens with one attached hydrogen (secondary N) is 1. The summed E-state index contributed by atoms with van der Waals surface area (Å²) in [7, 11) is 0. The highest BCUT2D eigenvalue weighted by molar-refractivity contribution is 7.82. The molecule has 1 rings (SSSR count). The maximum atomic E-state index is 11.4. The molecule has 0 aliphatic carbocycles. The van der Waals surface area contributed by atoms with Crippen molar-refractivity contribution in [2.45, 2.75) is 37.8 Å². The highest BCUT2D eigenvalue weighted by atomic mass is 32.2. The summed E-state index contributed by atoms with van der Waals surface area (Å²) in [6, 6.07) is 0. The lowest BCUT2D eigenvalue weighted by Gasteiger charge is -2.01. The van der Waals surface area contributed by atoms with Gasteiger partial charge in [-0.1, -0.05) is 27.2 Å². The fourth-order valence-electron chi connectivity index (χ4n) is 0.858. The van der Waals surface area contributed by atoms with E-state index in [2.05, 4.69) is 29.9 Å². The minimum absolute atomic E-state index is 0.125. The van der Waals surface area contributed by atoms with Gasteiger partial charge < -0.3 is 5.32 Å². The molecule has 1 amide bonds. The number of hydrogen-bond donors (Lipinski definition) is 2. The lowest BCUT2D eigenvalue weighted by molar-refractivity contribution is 0.0946. The van der Waals surface area contributed by atoms with Crippen LogP contribution in [0.5, 0.6) is 0 Å². The number of amides is 1. The molecule has 0 unspecified atom stereocenters. The molecular formula is C10H18N2OS2. The van der Waals surface area contributed by atoms with E-state index in [4.69, 9.17) is 0 Å². The Labute approximate surface area is 101 Å². The standard InChI is InChI=1S/C8H12N2OS2.C2H6/c1-2-3-4-9-7(11)6-8(12)13-5-10-6;1-2/h5,12H,2-4H2,1H3,(H,9,11);1-2H3. The molecule has 1 heterocycles. The summed E-state index contributed by atoms with van der Waals surface area (Å²) in [4.78, 5) is 15.3. The third-order valence-electron chi connectivity index (χ3n) is 1.58. The van der Waals surface area contributed by atoms with Gasteiger partial charge in [0.15, 0.2) is 5.69 Å². The van der Waals surface area contributed by atoms with Crippen molar-refractivity contribution in [3.05, 3.63) is 11.2 Å². The Hall–Kier alpha value is -0.550. The second kappa shape index (κ2) is 8.73. The summed E-state index contributed by atoms with van der Waals surface area (Å²) in [6.07, 6.45) is 2.07. The van der Waals surface area contributed by atoms with Crippen molar-refractivity contribution in [1.82, 2.24) is 10.3 Å². The fourth-order valence-corrected chi connectivity index (χ4v) is 1.67. The molecule has 0 saturated heterocycles. The zero-order chi connectivity index (χ0) is 11.7. The van der Waals surface area contributed by atoms with Gasteiger partial charge in [-0.2, -0.15) is 0 Å². The first-order chi connectivity index (χ1) is 7.25. The number of rotatable bonds is 4. The topological polar surface area (TPSA) is 42.0 Å². The highest BCUT2D eigenvalue weighted by Gasteiger charge is 2.10. The predicted molar refractivity (Wildman–Crippen MR) is 68.0 cm³/mol. The maximum absolute atomic E-state index is 11.4. The van der Waals surface area contributed by atoms with Crippen LogP contribution in [0.1, 0.15) is 44.1 Å². The number of carbonyl (C=O) groups is 1. The van der Waals surface area contributed by atoms with Crippen LogP contribution in [-0.4, -0.2) is 17.4 Å². The molecule has 0 bridgehead atoms. The Bertz CT molecular complexity index is 287. The molecule has 1 aromatic heterocycles. The first-order valence-corrected chi connectivity index (χ1v) is 6.49. The van der Waals surface area contributed by atoms with Crippen molar-refractivity contribution >= 4 is 29.9 Å². The predicted octanol–water partition coefficient (Wildman–Crippen LogP) is 2.99. The molecule has 1 N–H and O–H groups in total. The molecule has 86 valence electrons. The molecule has 0 aromatic carbocycles. The normalized spacial score (nSPS) is 9.07. The Morgan fingerprint density at radius 2 is 2.27 bits per heavy atom. The van der Waals surface area contributed by atoms with Crippen LogP contribution >= 0.6 is 24.0 Å². The molecule has 5 heteroatoms. The van der Waals surface area contributed by atoms with Crippen LogP contribution in [0.2, 0.25) is 0 Å².